The Kier molecular flexibility index (Phi) is 8.26. The average Bonchev–Trinajstić information content (AvgIpc) is 3.14. The predicted molar refractivity (Wildman–Crippen MR) is 112 cm³/mol. The Hall–Kier alpha value is -2.41. The fourth-order valence-electron chi connectivity index (χ4n) is 2.42. The van der Waals surface area contributed by atoms with Crippen molar-refractivity contribution in [1.82, 2.24) is 20.9 Å². The fraction of sp³-hybridized carbons (Fsp3) is 0.450. The number of hydrogen-bond donors (Lipinski definition) is 3. The summed E-state index contributed by atoms with van der Waals surface area (Å²) in [6.07, 6.45) is 0. The zero-order valence-corrected chi connectivity index (χ0v) is 17.3. The van der Waals surface area contributed by atoms with Crippen molar-refractivity contribution < 1.29 is 4.79 Å². The molecule has 27 heavy (non-hydrogen) atoms. The number of thiazole rings is 1. The second kappa shape index (κ2) is 10.7. The van der Waals surface area contributed by atoms with Gasteiger partial charge in [0.05, 0.1) is 18.8 Å². The molecule has 0 radical (unpaired) electrons. The molecule has 0 fully saturated rings. The second-order valence-electron chi connectivity index (χ2n) is 6.43. The Morgan fingerprint density at radius 1 is 1.19 bits per heavy atom. The second-order valence-corrected chi connectivity index (χ2v) is 7.37. The smallest absolute Gasteiger partial charge is 0.251 e. The minimum atomic E-state index is -0.0573. The van der Waals surface area contributed by atoms with E-state index in [4.69, 9.17) is 0 Å². The van der Waals surface area contributed by atoms with Crippen molar-refractivity contribution in [2.24, 2.45) is 4.99 Å². The van der Waals surface area contributed by atoms with Gasteiger partial charge in [0, 0.05) is 24.0 Å². The van der Waals surface area contributed by atoms with Crippen LogP contribution in [0.4, 0.5) is 0 Å². The molecule has 1 heterocycles. The lowest BCUT2D eigenvalue weighted by Crippen LogP contribution is -2.36. The highest BCUT2D eigenvalue weighted by molar-refractivity contribution is 7.09. The van der Waals surface area contributed by atoms with E-state index in [-0.39, 0.29) is 5.91 Å². The van der Waals surface area contributed by atoms with Crippen molar-refractivity contribution in [2.75, 3.05) is 13.1 Å². The van der Waals surface area contributed by atoms with Gasteiger partial charge < -0.3 is 16.0 Å². The summed E-state index contributed by atoms with van der Waals surface area (Å²) < 4.78 is 0. The standard InChI is InChI=1S/C20H29N5OS/c1-5-21-19(26)16-9-7-8-15(10-16)11-23-20(22-6-2)24-12-18-25-17(13-27-18)14(3)4/h7-10,13-14H,5-6,11-12H2,1-4H3,(H,21,26)(H2,22,23,24). The predicted octanol–water partition coefficient (Wildman–Crippen LogP) is 3.27. The normalized spacial score (nSPS) is 11.5. The average molecular weight is 388 g/mol. The Balaban J connectivity index is 2.00. The number of benzene rings is 1. The van der Waals surface area contributed by atoms with Gasteiger partial charge in [-0.2, -0.15) is 0 Å². The third-order valence-electron chi connectivity index (χ3n) is 3.86. The van der Waals surface area contributed by atoms with Crippen LogP contribution >= 0.6 is 11.3 Å². The molecule has 7 heteroatoms. The van der Waals surface area contributed by atoms with Crippen molar-refractivity contribution in [3.05, 3.63) is 51.5 Å². The molecule has 6 nitrogen and oxygen atoms in total. The zero-order chi connectivity index (χ0) is 19.6. The monoisotopic (exact) mass is 387 g/mol. The molecule has 0 saturated carbocycles. The number of nitrogens with zero attached hydrogens (tertiary/aromatic N) is 2. The number of amides is 1. The molecular weight excluding hydrogens is 358 g/mol. The van der Waals surface area contributed by atoms with Crippen LogP contribution in [-0.2, 0) is 13.1 Å². The Labute approximate surface area is 165 Å². The number of carbonyl (C=O) groups excluding carboxylic acids is 1. The molecule has 3 N–H and O–H groups in total. The molecule has 1 aromatic heterocycles. The Morgan fingerprint density at radius 3 is 2.63 bits per heavy atom. The van der Waals surface area contributed by atoms with Crippen LogP contribution < -0.4 is 16.0 Å². The number of aliphatic imine (C=N–C) groups is 1. The molecule has 1 amide bonds. The van der Waals surface area contributed by atoms with Crippen molar-refractivity contribution in [2.45, 2.75) is 46.7 Å². The summed E-state index contributed by atoms with van der Waals surface area (Å²) in [6, 6.07) is 7.56. The maximum Gasteiger partial charge on any atom is 0.251 e. The molecule has 0 spiro atoms. The molecular formula is C20H29N5OS. The van der Waals surface area contributed by atoms with E-state index in [0.717, 1.165) is 28.8 Å². The highest BCUT2D eigenvalue weighted by atomic mass is 32.1. The van der Waals surface area contributed by atoms with Crippen molar-refractivity contribution >= 4 is 23.2 Å². The molecule has 0 aliphatic rings. The summed E-state index contributed by atoms with van der Waals surface area (Å²) in [7, 11) is 0. The zero-order valence-electron chi connectivity index (χ0n) is 16.5. The third kappa shape index (κ3) is 6.67. The van der Waals surface area contributed by atoms with Gasteiger partial charge >= 0.3 is 0 Å². The topological polar surface area (TPSA) is 78.4 Å². The van der Waals surface area contributed by atoms with Crippen LogP contribution in [0.25, 0.3) is 0 Å². The lowest BCUT2D eigenvalue weighted by atomic mass is 10.1. The highest BCUT2D eigenvalue weighted by Crippen LogP contribution is 2.17. The summed E-state index contributed by atoms with van der Waals surface area (Å²) in [6.45, 7) is 10.8. The van der Waals surface area contributed by atoms with Gasteiger partial charge in [0.1, 0.15) is 5.01 Å². The quantitative estimate of drug-likeness (QED) is 0.480. The van der Waals surface area contributed by atoms with Crippen LogP contribution in [0.1, 0.15) is 60.2 Å². The van der Waals surface area contributed by atoms with Crippen molar-refractivity contribution in [3.63, 3.8) is 0 Å². The summed E-state index contributed by atoms with van der Waals surface area (Å²) in [5, 5.41) is 12.5. The van der Waals surface area contributed by atoms with E-state index in [1.165, 1.54) is 0 Å². The first-order chi connectivity index (χ1) is 13.0. The van der Waals surface area contributed by atoms with Crippen LogP contribution in [0, 0.1) is 0 Å². The van der Waals surface area contributed by atoms with Crippen molar-refractivity contribution in [3.8, 4) is 0 Å². The van der Waals surface area contributed by atoms with Gasteiger partial charge in [-0.3, -0.25) is 4.79 Å². The Bertz CT molecular complexity index is 769. The van der Waals surface area contributed by atoms with Gasteiger partial charge in [-0.15, -0.1) is 11.3 Å². The summed E-state index contributed by atoms with van der Waals surface area (Å²) in [4.78, 5) is 21.2. The number of rotatable bonds is 8. The van der Waals surface area contributed by atoms with Gasteiger partial charge in [0.15, 0.2) is 5.96 Å². The van der Waals surface area contributed by atoms with Crippen LogP contribution in [0.3, 0.4) is 0 Å². The van der Waals surface area contributed by atoms with E-state index in [1.807, 2.05) is 38.1 Å². The minimum Gasteiger partial charge on any atom is -0.357 e. The van der Waals surface area contributed by atoms with E-state index in [1.54, 1.807) is 11.3 Å². The lowest BCUT2D eigenvalue weighted by molar-refractivity contribution is 0.0955. The molecule has 0 aliphatic carbocycles. The number of hydrogen-bond acceptors (Lipinski definition) is 4. The third-order valence-corrected chi connectivity index (χ3v) is 4.73. The van der Waals surface area contributed by atoms with Gasteiger partial charge in [-0.1, -0.05) is 26.0 Å². The van der Waals surface area contributed by atoms with E-state index in [0.29, 0.717) is 31.1 Å². The molecule has 0 atom stereocenters. The summed E-state index contributed by atoms with van der Waals surface area (Å²) in [5.74, 6) is 1.12. The van der Waals surface area contributed by atoms with Gasteiger partial charge in [-0.25, -0.2) is 9.98 Å². The molecule has 2 rings (SSSR count). The molecule has 146 valence electrons. The van der Waals surface area contributed by atoms with Crippen LogP contribution in [0.5, 0.6) is 0 Å². The highest BCUT2D eigenvalue weighted by Gasteiger charge is 2.07. The largest absolute Gasteiger partial charge is 0.357 e. The van der Waals surface area contributed by atoms with E-state index in [2.05, 4.69) is 45.2 Å². The first-order valence-electron chi connectivity index (χ1n) is 9.37. The summed E-state index contributed by atoms with van der Waals surface area (Å²) >= 11 is 1.66. The molecule has 0 aliphatic heterocycles. The van der Waals surface area contributed by atoms with E-state index < -0.39 is 0 Å². The molecule has 0 unspecified atom stereocenters. The number of carbonyl (C=O) groups is 1. The molecule has 0 saturated heterocycles. The van der Waals surface area contributed by atoms with Gasteiger partial charge in [0.2, 0.25) is 0 Å². The minimum absolute atomic E-state index is 0.0573. The SMILES string of the molecule is CCNC(=O)c1cccc(CN=C(NCC)NCc2nc(C(C)C)cs2)c1. The first-order valence-corrected chi connectivity index (χ1v) is 10.2. The van der Waals surface area contributed by atoms with Gasteiger partial charge in [0.25, 0.3) is 5.91 Å². The Morgan fingerprint density at radius 2 is 1.96 bits per heavy atom. The van der Waals surface area contributed by atoms with Crippen LogP contribution in [0.15, 0.2) is 34.6 Å². The van der Waals surface area contributed by atoms with E-state index in [9.17, 15) is 4.79 Å². The number of guanidine groups is 1. The maximum absolute atomic E-state index is 12.0. The molecule has 1 aromatic carbocycles. The van der Waals surface area contributed by atoms with Crippen LogP contribution in [-0.4, -0.2) is 29.9 Å². The van der Waals surface area contributed by atoms with Crippen molar-refractivity contribution in [1.29, 1.82) is 0 Å². The van der Waals surface area contributed by atoms with E-state index >= 15 is 0 Å². The fourth-order valence-corrected chi connectivity index (χ4v) is 3.31. The van der Waals surface area contributed by atoms with Gasteiger partial charge in [-0.05, 0) is 37.5 Å². The lowest BCUT2D eigenvalue weighted by Gasteiger charge is -2.10. The molecule has 0 bridgehead atoms. The summed E-state index contributed by atoms with van der Waals surface area (Å²) in [5.41, 5.74) is 2.78. The first kappa shape index (κ1) is 20.9. The van der Waals surface area contributed by atoms with Crippen LogP contribution in [0.2, 0.25) is 0 Å². The maximum atomic E-state index is 12.0. The number of nitrogens with one attached hydrogen (secondary N) is 3. The molecule has 2 aromatic rings. The number of aromatic nitrogens is 1.